The van der Waals surface area contributed by atoms with Gasteiger partial charge in [0.05, 0.1) is 11.5 Å². The number of carbonyl (C=O) groups is 1. The Bertz CT molecular complexity index is 606. The van der Waals surface area contributed by atoms with Crippen molar-refractivity contribution >= 4 is 21.4 Å². The number of benzene rings is 1. The van der Waals surface area contributed by atoms with E-state index in [-0.39, 0.29) is 23.5 Å². The van der Waals surface area contributed by atoms with E-state index in [1.807, 2.05) is 32.0 Å². The first kappa shape index (κ1) is 15.8. The molecule has 1 aromatic carbocycles. The number of aryl methyl sites for hydroxylation is 2. The third-order valence-corrected chi connectivity index (χ3v) is 5.50. The fourth-order valence-corrected chi connectivity index (χ4v) is 4.28. The Morgan fingerprint density at radius 2 is 1.95 bits per heavy atom. The van der Waals surface area contributed by atoms with Gasteiger partial charge < -0.3 is 10.6 Å². The van der Waals surface area contributed by atoms with E-state index >= 15 is 0 Å². The number of amides is 1. The molecule has 0 aliphatic carbocycles. The Labute approximate surface area is 126 Å². The molecule has 21 heavy (non-hydrogen) atoms. The first-order chi connectivity index (χ1) is 9.87. The lowest BCUT2D eigenvalue weighted by molar-refractivity contribution is -0.121. The zero-order chi connectivity index (χ0) is 15.5. The van der Waals surface area contributed by atoms with Gasteiger partial charge in [0.25, 0.3) is 0 Å². The third-order valence-electron chi connectivity index (χ3n) is 3.73. The molecule has 1 fully saturated rings. The highest BCUT2D eigenvalue weighted by molar-refractivity contribution is 7.91. The fourth-order valence-electron chi connectivity index (χ4n) is 2.60. The molecular formula is C15H22N2O3S. The number of rotatable bonds is 5. The topological polar surface area (TPSA) is 75.3 Å². The summed E-state index contributed by atoms with van der Waals surface area (Å²) >= 11 is 0. The fraction of sp³-hybridized carbons (Fsp3) is 0.533. The average molecular weight is 310 g/mol. The Morgan fingerprint density at radius 1 is 1.29 bits per heavy atom. The van der Waals surface area contributed by atoms with Crippen molar-refractivity contribution in [2.24, 2.45) is 0 Å². The quantitative estimate of drug-likeness (QED) is 0.862. The van der Waals surface area contributed by atoms with Crippen molar-refractivity contribution < 1.29 is 13.2 Å². The second-order valence-corrected chi connectivity index (χ2v) is 7.84. The summed E-state index contributed by atoms with van der Waals surface area (Å²) in [5.41, 5.74) is 3.36. The molecule has 1 amide bonds. The van der Waals surface area contributed by atoms with Crippen molar-refractivity contribution in [1.29, 1.82) is 0 Å². The first-order valence-corrected chi connectivity index (χ1v) is 8.99. The van der Waals surface area contributed by atoms with Gasteiger partial charge in [-0.15, -0.1) is 0 Å². The molecule has 1 heterocycles. The number of hydrogen-bond donors (Lipinski definition) is 2. The van der Waals surface area contributed by atoms with Crippen molar-refractivity contribution in [2.45, 2.75) is 32.7 Å². The van der Waals surface area contributed by atoms with Gasteiger partial charge in [0, 0.05) is 24.7 Å². The average Bonchev–Trinajstić information content (AvgIpc) is 2.72. The Balaban J connectivity index is 1.77. The van der Waals surface area contributed by atoms with Crippen LogP contribution in [0.2, 0.25) is 0 Å². The first-order valence-electron chi connectivity index (χ1n) is 7.17. The number of sulfone groups is 1. The summed E-state index contributed by atoms with van der Waals surface area (Å²) in [6.07, 6.45) is 0.864. The summed E-state index contributed by atoms with van der Waals surface area (Å²) in [7, 11) is -2.95. The van der Waals surface area contributed by atoms with Gasteiger partial charge in [0.15, 0.2) is 9.84 Å². The number of carbonyl (C=O) groups excluding carboxylic acids is 1. The molecule has 1 saturated heterocycles. The summed E-state index contributed by atoms with van der Waals surface area (Å²) < 4.78 is 22.7. The van der Waals surface area contributed by atoms with E-state index < -0.39 is 9.84 Å². The van der Waals surface area contributed by atoms with Gasteiger partial charge >= 0.3 is 0 Å². The SMILES string of the molecule is Cc1cccc(C)c1NCCC(=O)NC1CCS(=O)(=O)C1. The van der Waals surface area contributed by atoms with E-state index in [0.29, 0.717) is 19.4 Å². The van der Waals surface area contributed by atoms with Crippen LogP contribution in [0.3, 0.4) is 0 Å². The van der Waals surface area contributed by atoms with Crippen LogP contribution in [-0.4, -0.2) is 38.4 Å². The summed E-state index contributed by atoms with van der Waals surface area (Å²) in [6, 6.07) is 5.84. The van der Waals surface area contributed by atoms with Gasteiger partial charge in [-0.25, -0.2) is 8.42 Å². The highest BCUT2D eigenvalue weighted by atomic mass is 32.2. The lowest BCUT2D eigenvalue weighted by Crippen LogP contribution is -2.36. The molecule has 1 atom stereocenters. The van der Waals surface area contributed by atoms with Crippen LogP contribution in [0.15, 0.2) is 18.2 Å². The van der Waals surface area contributed by atoms with Gasteiger partial charge in [-0.3, -0.25) is 4.79 Å². The van der Waals surface area contributed by atoms with E-state index in [0.717, 1.165) is 16.8 Å². The predicted octanol–water partition coefficient (Wildman–Crippen LogP) is 1.41. The third kappa shape index (κ3) is 4.46. The molecule has 1 aliphatic rings. The van der Waals surface area contributed by atoms with E-state index in [1.54, 1.807) is 0 Å². The Kier molecular flexibility index (Phi) is 4.88. The van der Waals surface area contributed by atoms with Gasteiger partial charge in [-0.2, -0.15) is 0 Å². The highest BCUT2D eigenvalue weighted by Crippen LogP contribution is 2.19. The minimum Gasteiger partial charge on any atom is -0.384 e. The molecular weight excluding hydrogens is 288 g/mol. The van der Waals surface area contributed by atoms with Crippen LogP contribution in [0, 0.1) is 13.8 Å². The summed E-state index contributed by atoms with van der Waals surface area (Å²) in [5.74, 6) is 0.151. The molecule has 1 aromatic rings. The molecule has 2 rings (SSSR count). The Hall–Kier alpha value is -1.56. The minimum atomic E-state index is -2.95. The maximum Gasteiger partial charge on any atom is 0.222 e. The van der Waals surface area contributed by atoms with Crippen molar-refractivity contribution in [1.82, 2.24) is 5.32 Å². The zero-order valence-electron chi connectivity index (χ0n) is 12.5. The maximum atomic E-state index is 11.8. The number of nitrogens with one attached hydrogen (secondary N) is 2. The van der Waals surface area contributed by atoms with Crippen molar-refractivity contribution in [2.75, 3.05) is 23.4 Å². The number of anilines is 1. The molecule has 1 unspecified atom stereocenters. The normalized spacial score (nSPS) is 20.2. The minimum absolute atomic E-state index is 0.0725. The molecule has 0 saturated carbocycles. The molecule has 116 valence electrons. The molecule has 0 bridgehead atoms. The van der Waals surface area contributed by atoms with Crippen LogP contribution < -0.4 is 10.6 Å². The molecule has 5 nitrogen and oxygen atoms in total. The van der Waals surface area contributed by atoms with Gasteiger partial charge in [-0.05, 0) is 31.4 Å². The Morgan fingerprint density at radius 3 is 2.52 bits per heavy atom. The van der Waals surface area contributed by atoms with E-state index in [1.165, 1.54) is 0 Å². The molecule has 2 N–H and O–H groups in total. The van der Waals surface area contributed by atoms with Gasteiger partial charge in [0.2, 0.25) is 5.91 Å². The van der Waals surface area contributed by atoms with Crippen molar-refractivity contribution in [3.8, 4) is 0 Å². The predicted molar refractivity (Wildman–Crippen MR) is 84.2 cm³/mol. The summed E-state index contributed by atoms with van der Waals surface area (Å²) in [6.45, 7) is 4.59. The van der Waals surface area contributed by atoms with E-state index in [2.05, 4.69) is 10.6 Å². The molecule has 6 heteroatoms. The summed E-state index contributed by atoms with van der Waals surface area (Å²) in [4.78, 5) is 11.8. The van der Waals surface area contributed by atoms with Crippen LogP contribution in [-0.2, 0) is 14.6 Å². The molecule has 1 aliphatic heterocycles. The largest absolute Gasteiger partial charge is 0.384 e. The van der Waals surface area contributed by atoms with Crippen LogP contribution >= 0.6 is 0 Å². The number of para-hydroxylation sites is 1. The van der Waals surface area contributed by atoms with Gasteiger partial charge in [0.1, 0.15) is 0 Å². The molecule has 0 spiro atoms. The molecule has 0 radical (unpaired) electrons. The summed E-state index contributed by atoms with van der Waals surface area (Å²) in [5, 5.41) is 6.07. The number of hydrogen-bond acceptors (Lipinski definition) is 4. The second-order valence-electron chi connectivity index (χ2n) is 5.61. The standard InChI is InChI=1S/C15H22N2O3S/c1-11-4-3-5-12(2)15(11)16-8-6-14(18)17-13-7-9-21(19,20)10-13/h3-5,13,16H,6-10H2,1-2H3,(H,17,18). The van der Waals surface area contributed by atoms with E-state index in [4.69, 9.17) is 0 Å². The van der Waals surface area contributed by atoms with Gasteiger partial charge in [-0.1, -0.05) is 18.2 Å². The highest BCUT2D eigenvalue weighted by Gasteiger charge is 2.28. The smallest absolute Gasteiger partial charge is 0.222 e. The van der Waals surface area contributed by atoms with Crippen LogP contribution in [0.1, 0.15) is 24.0 Å². The second kappa shape index (κ2) is 6.47. The maximum absolute atomic E-state index is 11.8. The lowest BCUT2D eigenvalue weighted by Gasteiger charge is -2.14. The van der Waals surface area contributed by atoms with Crippen LogP contribution in [0.5, 0.6) is 0 Å². The van der Waals surface area contributed by atoms with Crippen molar-refractivity contribution in [3.05, 3.63) is 29.3 Å². The van der Waals surface area contributed by atoms with Crippen molar-refractivity contribution in [3.63, 3.8) is 0 Å². The monoisotopic (exact) mass is 310 g/mol. The van der Waals surface area contributed by atoms with E-state index in [9.17, 15) is 13.2 Å². The van der Waals surface area contributed by atoms with Crippen LogP contribution in [0.4, 0.5) is 5.69 Å². The lowest BCUT2D eigenvalue weighted by atomic mass is 10.1. The molecule has 0 aromatic heterocycles. The van der Waals surface area contributed by atoms with Crippen LogP contribution in [0.25, 0.3) is 0 Å². The zero-order valence-corrected chi connectivity index (χ0v) is 13.3.